The molecule has 0 amide bonds. The van der Waals surface area contributed by atoms with Crippen LogP contribution in [0.3, 0.4) is 0 Å². The van der Waals surface area contributed by atoms with Crippen molar-refractivity contribution in [3.8, 4) is 0 Å². The Morgan fingerprint density at radius 2 is 1.88 bits per heavy atom. The van der Waals surface area contributed by atoms with Crippen molar-refractivity contribution in [3.05, 3.63) is 0 Å². The Labute approximate surface area is 100.0 Å². The van der Waals surface area contributed by atoms with Gasteiger partial charge < -0.3 is 0 Å². The Morgan fingerprint density at radius 1 is 1.06 bits per heavy atom. The molecule has 2 rings (SSSR count). The van der Waals surface area contributed by atoms with Gasteiger partial charge in [0.25, 0.3) is 0 Å². The van der Waals surface area contributed by atoms with Gasteiger partial charge in [-0.1, -0.05) is 39.0 Å². The van der Waals surface area contributed by atoms with Gasteiger partial charge in [0, 0.05) is 12.8 Å². The largest absolute Gasteiger partial charge is 0.300 e. The first kappa shape index (κ1) is 12.1. The highest BCUT2D eigenvalue weighted by Gasteiger charge is 2.29. The van der Waals surface area contributed by atoms with Crippen LogP contribution in [0.15, 0.2) is 0 Å². The van der Waals surface area contributed by atoms with Gasteiger partial charge in [0.15, 0.2) is 0 Å². The first-order chi connectivity index (χ1) is 7.79. The van der Waals surface area contributed by atoms with Crippen LogP contribution in [0.2, 0.25) is 0 Å². The average Bonchev–Trinajstić information content (AvgIpc) is 2.54. The van der Waals surface area contributed by atoms with E-state index < -0.39 is 0 Å². The molecular weight excluding hydrogens is 196 g/mol. The second-order valence-corrected chi connectivity index (χ2v) is 5.95. The number of Topliss-reactive ketones (excluding diaryl/α,β-unsaturated/α-hetero) is 1. The summed E-state index contributed by atoms with van der Waals surface area (Å²) in [6.45, 7) is 2.32. The van der Waals surface area contributed by atoms with E-state index in [9.17, 15) is 4.79 Å². The minimum atomic E-state index is 0.543. The van der Waals surface area contributed by atoms with Crippen LogP contribution in [-0.4, -0.2) is 5.78 Å². The van der Waals surface area contributed by atoms with Gasteiger partial charge in [0.2, 0.25) is 0 Å². The summed E-state index contributed by atoms with van der Waals surface area (Å²) < 4.78 is 0. The molecule has 0 N–H and O–H groups in total. The van der Waals surface area contributed by atoms with Gasteiger partial charge in [-0.05, 0) is 37.0 Å². The van der Waals surface area contributed by atoms with Crippen LogP contribution in [0.4, 0.5) is 0 Å². The molecule has 0 aromatic carbocycles. The van der Waals surface area contributed by atoms with Gasteiger partial charge in [0.05, 0.1) is 0 Å². The van der Waals surface area contributed by atoms with E-state index in [0.717, 1.165) is 37.0 Å². The predicted octanol–water partition coefficient (Wildman–Crippen LogP) is 4.35. The Bertz CT molecular complexity index is 234. The molecule has 1 heteroatoms. The molecule has 92 valence electrons. The van der Waals surface area contributed by atoms with Crippen LogP contribution in [0.5, 0.6) is 0 Å². The molecule has 0 aliphatic heterocycles. The lowest BCUT2D eigenvalue weighted by Crippen LogP contribution is -2.23. The molecule has 0 saturated heterocycles. The van der Waals surface area contributed by atoms with E-state index in [1.165, 1.54) is 44.9 Å². The lowest BCUT2D eigenvalue weighted by atomic mass is 9.72. The van der Waals surface area contributed by atoms with Crippen molar-refractivity contribution in [2.45, 2.75) is 71.1 Å². The second-order valence-electron chi connectivity index (χ2n) is 5.95. The van der Waals surface area contributed by atoms with Crippen LogP contribution in [0, 0.1) is 17.8 Å². The summed E-state index contributed by atoms with van der Waals surface area (Å²) in [5.74, 6) is 3.11. The van der Waals surface area contributed by atoms with Crippen LogP contribution >= 0.6 is 0 Å². The van der Waals surface area contributed by atoms with E-state index in [1.54, 1.807) is 0 Å². The molecule has 3 unspecified atom stereocenters. The van der Waals surface area contributed by atoms with Crippen molar-refractivity contribution >= 4 is 5.78 Å². The highest BCUT2D eigenvalue weighted by Crippen LogP contribution is 2.39. The van der Waals surface area contributed by atoms with Crippen LogP contribution in [0.1, 0.15) is 71.1 Å². The first-order valence-electron chi connectivity index (χ1n) is 7.31. The maximum absolute atomic E-state index is 11.7. The molecular formula is C15H26O. The number of rotatable bonds is 2. The molecule has 0 heterocycles. The Morgan fingerprint density at radius 3 is 2.69 bits per heavy atom. The van der Waals surface area contributed by atoms with Gasteiger partial charge >= 0.3 is 0 Å². The summed E-state index contributed by atoms with van der Waals surface area (Å²) in [4.78, 5) is 11.7. The summed E-state index contributed by atoms with van der Waals surface area (Å²) in [7, 11) is 0. The topological polar surface area (TPSA) is 17.1 Å². The SMILES string of the molecule is CCC1CCCC(C2CCCCC(=O)C2)C1. The van der Waals surface area contributed by atoms with E-state index in [-0.39, 0.29) is 0 Å². The number of ketones is 1. The molecule has 2 fully saturated rings. The Hall–Kier alpha value is -0.330. The average molecular weight is 222 g/mol. The number of carbonyl (C=O) groups is 1. The monoisotopic (exact) mass is 222 g/mol. The van der Waals surface area contributed by atoms with Crippen molar-refractivity contribution in [3.63, 3.8) is 0 Å². The zero-order valence-corrected chi connectivity index (χ0v) is 10.7. The van der Waals surface area contributed by atoms with E-state index >= 15 is 0 Å². The highest BCUT2D eigenvalue weighted by molar-refractivity contribution is 5.78. The third-order valence-electron chi connectivity index (χ3n) is 4.84. The zero-order chi connectivity index (χ0) is 11.4. The second kappa shape index (κ2) is 5.84. The van der Waals surface area contributed by atoms with Gasteiger partial charge in [-0.25, -0.2) is 0 Å². The fourth-order valence-corrected chi connectivity index (χ4v) is 3.76. The van der Waals surface area contributed by atoms with Crippen molar-refractivity contribution in [2.75, 3.05) is 0 Å². The van der Waals surface area contributed by atoms with E-state index in [0.29, 0.717) is 5.78 Å². The third-order valence-corrected chi connectivity index (χ3v) is 4.84. The predicted molar refractivity (Wildman–Crippen MR) is 67.3 cm³/mol. The summed E-state index contributed by atoms with van der Waals surface area (Å²) >= 11 is 0. The minimum Gasteiger partial charge on any atom is -0.300 e. The summed E-state index contributed by atoms with van der Waals surface area (Å²) in [5, 5.41) is 0. The quantitative estimate of drug-likeness (QED) is 0.635. The fraction of sp³-hybridized carbons (Fsp3) is 0.933. The van der Waals surface area contributed by atoms with Crippen LogP contribution in [-0.2, 0) is 4.79 Å². The summed E-state index contributed by atoms with van der Waals surface area (Å²) in [6, 6.07) is 0. The standard InChI is InChI=1S/C15H26O/c1-2-12-6-5-8-13(10-12)14-7-3-4-9-15(16)11-14/h12-14H,2-11H2,1H3. The zero-order valence-electron chi connectivity index (χ0n) is 10.7. The molecule has 0 bridgehead atoms. The molecule has 3 atom stereocenters. The number of hydrogen-bond donors (Lipinski definition) is 0. The summed E-state index contributed by atoms with van der Waals surface area (Å²) in [6.07, 6.45) is 12.5. The lowest BCUT2D eigenvalue weighted by Gasteiger charge is -2.33. The number of carbonyl (C=O) groups excluding carboxylic acids is 1. The lowest BCUT2D eigenvalue weighted by molar-refractivity contribution is -0.120. The highest BCUT2D eigenvalue weighted by atomic mass is 16.1. The maximum Gasteiger partial charge on any atom is 0.133 e. The molecule has 0 aromatic rings. The molecule has 0 aromatic heterocycles. The first-order valence-corrected chi connectivity index (χ1v) is 7.31. The maximum atomic E-state index is 11.7. The van der Waals surface area contributed by atoms with Gasteiger partial charge in [-0.2, -0.15) is 0 Å². The van der Waals surface area contributed by atoms with Crippen LogP contribution < -0.4 is 0 Å². The van der Waals surface area contributed by atoms with Gasteiger partial charge in [0.1, 0.15) is 5.78 Å². The fourth-order valence-electron chi connectivity index (χ4n) is 3.76. The molecule has 16 heavy (non-hydrogen) atoms. The molecule has 1 nitrogen and oxygen atoms in total. The normalized spacial score (nSPS) is 37.1. The molecule has 0 radical (unpaired) electrons. The number of hydrogen-bond acceptors (Lipinski definition) is 1. The minimum absolute atomic E-state index is 0.543. The molecule has 2 saturated carbocycles. The van der Waals surface area contributed by atoms with E-state index in [4.69, 9.17) is 0 Å². The molecule has 2 aliphatic rings. The smallest absolute Gasteiger partial charge is 0.133 e. The Kier molecular flexibility index (Phi) is 4.43. The van der Waals surface area contributed by atoms with Crippen molar-refractivity contribution in [1.82, 2.24) is 0 Å². The van der Waals surface area contributed by atoms with Gasteiger partial charge in [-0.3, -0.25) is 4.79 Å². The van der Waals surface area contributed by atoms with E-state index in [2.05, 4.69) is 6.92 Å². The molecule has 0 spiro atoms. The van der Waals surface area contributed by atoms with Crippen molar-refractivity contribution < 1.29 is 4.79 Å². The third kappa shape index (κ3) is 3.09. The summed E-state index contributed by atoms with van der Waals surface area (Å²) in [5.41, 5.74) is 0. The van der Waals surface area contributed by atoms with Crippen LogP contribution in [0.25, 0.3) is 0 Å². The Balaban J connectivity index is 1.91. The van der Waals surface area contributed by atoms with E-state index in [1.807, 2.05) is 0 Å². The van der Waals surface area contributed by atoms with Gasteiger partial charge in [-0.15, -0.1) is 0 Å². The van der Waals surface area contributed by atoms with Crippen molar-refractivity contribution in [1.29, 1.82) is 0 Å². The van der Waals surface area contributed by atoms with Crippen molar-refractivity contribution in [2.24, 2.45) is 17.8 Å². The molecule has 2 aliphatic carbocycles.